The lowest BCUT2D eigenvalue weighted by Crippen LogP contribution is -2.36. The van der Waals surface area contributed by atoms with Gasteiger partial charge in [-0.25, -0.2) is 0 Å². The predicted octanol–water partition coefficient (Wildman–Crippen LogP) is 3.79. The van der Waals surface area contributed by atoms with E-state index in [2.05, 4.69) is 22.6 Å². The van der Waals surface area contributed by atoms with Gasteiger partial charge in [-0.1, -0.05) is 25.7 Å². The van der Waals surface area contributed by atoms with Crippen molar-refractivity contribution in [2.24, 2.45) is 0 Å². The van der Waals surface area contributed by atoms with E-state index in [1.165, 1.54) is 25.7 Å². The summed E-state index contributed by atoms with van der Waals surface area (Å²) in [6.07, 6.45) is 7.17. The van der Waals surface area contributed by atoms with Crippen molar-refractivity contribution in [2.45, 2.75) is 44.6 Å². The summed E-state index contributed by atoms with van der Waals surface area (Å²) in [6.45, 7) is 0. The molecule has 1 N–H and O–H groups in total. The van der Waals surface area contributed by atoms with Crippen LogP contribution in [0.1, 0.15) is 48.9 Å². The summed E-state index contributed by atoms with van der Waals surface area (Å²) in [7, 11) is 1.88. The van der Waals surface area contributed by atoms with Crippen molar-refractivity contribution in [2.75, 3.05) is 7.05 Å². The first kappa shape index (κ1) is 14.6. The van der Waals surface area contributed by atoms with E-state index in [9.17, 15) is 9.90 Å². The smallest absolute Gasteiger partial charge is 0.253 e. The fourth-order valence-corrected chi connectivity index (χ4v) is 3.00. The molecule has 1 aromatic carbocycles. The topological polar surface area (TPSA) is 40.5 Å². The third kappa shape index (κ3) is 3.61. The molecular weight excluding hydrogens is 353 g/mol. The third-order valence-corrected chi connectivity index (χ3v) is 4.80. The molecule has 4 heteroatoms. The number of phenols is 1. The Labute approximate surface area is 128 Å². The minimum absolute atomic E-state index is 0.0126. The van der Waals surface area contributed by atoms with E-state index in [4.69, 9.17) is 0 Å². The zero-order chi connectivity index (χ0) is 13.8. The lowest BCUT2D eigenvalue weighted by Gasteiger charge is -2.27. The normalized spacial score (nSPS) is 16.9. The summed E-state index contributed by atoms with van der Waals surface area (Å²) in [6, 6.07) is 5.48. The van der Waals surface area contributed by atoms with Crippen molar-refractivity contribution in [3.8, 4) is 5.75 Å². The van der Waals surface area contributed by atoms with Gasteiger partial charge in [-0.15, -0.1) is 0 Å². The molecule has 0 unspecified atom stereocenters. The summed E-state index contributed by atoms with van der Waals surface area (Å²) >= 11 is 2.06. The molecule has 1 aliphatic rings. The number of rotatable bonds is 2. The van der Waals surface area contributed by atoms with E-state index in [1.807, 2.05) is 11.9 Å². The number of carbonyl (C=O) groups excluding carboxylic acids is 1. The minimum atomic E-state index is 0.0126. The molecule has 0 aliphatic heterocycles. The summed E-state index contributed by atoms with van der Waals surface area (Å²) in [5.74, 6) is 0.194. The second-order valence-electron chi connectivity index (χ2n) is 5.23. The van der Waals surface area contributed by atoms with Crippen LogP contribution in [0.3, 0.4) is 0 Å². The second-order valence-corrected chi connectivity index (χ2v) is 6.39. The van der Waals surface area contributed by atoms with Crippen molar-refractivity contribution in [3.05, 3.63) is 27.3 Å². The Kier molecular flexibility index (Phi) is 5.07. The zero-order valence-electron chi connectivity index (χ0n) is 11.2. The Morgan fingerprint density at radius 3 is 2.47 bits per heavy atom. The average molecular weight is 373 g/mol. The van der Waals surface area contributed by atoms with Crippen molar-refractivity contribution in [1.82, 2.24) is 4.90 Å². The minimum Gasteiger partial charge on any atom is -0.507 e. The molecule has 0 heterocycles. The zero-order valence-corrected chi connectivity index (χ0v) is 13.4. The standard InChI is InChI=1S/C15H20INO2/c1-17(12-6-4-2-3-5-7-12)15(19)11-8-9-13(16)14(18)10-11/h8-10,12,18H,2-7H2,1H3. The molecule has 0 bridgehead atoms. The van der Waals surface area contributed by atoms with Gasteiger partial charge in [0.15, 0.2) is 0 Å². The lowest BCUT2D eigenvalue weighted by atomic mass is 10.1. The highest BCUT2D eigenvalue weighted by Crippen LogP contribution is 2.24. The van der Waals surface area contributed by atoms with Crippen molar-refractivity contribution >= 4 is 28.5 Å². The van der Waals surface area contributed by atoms with Crippen LogP contribution in [-0.2, 0) is 0 Å². The van der Waals surface area contributed by atoms with Crippen molar-refractivity contribution in [3.63, 3.8) is 0 Å². The largest absolute Gasteiger partial charge is 0.507 e. The molecule has 1 aliphatic carbocycles. The van der Waals surface area contributed by atoms with Crippen LogP contribution in [0.25, 0.3) is 0 Å². The molecular formula is C15H20INO2. The molecule has 19 heavy (non-hydrogen) atoms. The molecule has 3 nitrogen and oxygen atoms in total. The maximum Gasteiger partial charge on any atom is 0.253 e. The van der Waals surface area contributed by atoms with Gasteiger partial charge in [-0.2, -0.15) is 0 Å². The summed E-state index contributed by atoms with van der Waals surface area (Å²) in [5, 5.41) is 9.71. The number of hydrogen-bond acceptors (Lipinski definition) is 2. The first-order valence-electron chi connectivity index (χ1n) is 6.85. The van der Waals surface area contributed by atoms with Gasteiger partial charge in [0.25, 0.3) is 5.91 Å². The molecule has 0 saturated heterocycles. The summed E-state index contributed by atoms with van der Waals surface area (Å²) < 4.78 is 0.770. The number of phenolic OH excluding ortho intramolecular Hbond substituents is 1. The van der Waals surface area contributed by atoms with Crippen molar-refractivity contribution < 1.29 is 9.90 Å². The van der Waals surface area contributed by atoms with Gasteiger partial charge >= 0.3 is 0 Å². The van der Waals surface area contributed by atoms with Gasteiger partial charge in [0.2, 0.25) is 0 Å². The van der Waals surface area contributed by atoms with Gasteiger partial charge in [-0.05, 0) is 53.6 Å². The van der Waals surface area contributed by atoms with Gasteiger partial charge in [0.05, 0.1) is 3.57 Å². The van der Waals surface area contributed by atoms with Gasteiger partial charge in [-0.3, -0.25) is 4.79 Å². The molecule has 0 atom stereocenters. The van der Waals surface area contributed by atoms with Crippen LogP contribution in [0.2, 0.25) is 0 Å². The number of benzene rings is 1. The van der Waals surface area contributed by atoms with Crippen LogP contribution >= 0.6 is 22.6 Å². The number of aromatic hydroxyl groups is 1. The maximum atomic E-state index is 12.4. The molecule has 1 saturated carbocycles. The average Bonchev–Trinajstić information content (AvgIpc) is 2.69. The maximum absolute atomic E-state index is 12.4. The van der Waals surface area contributed by atoms with E-state index in [-0.39, 0.29) is 11.7 Å². The van der Waals surface area contributed by atoms with E-state index < -0.39 is 0 Å². The quantitative estimate of drug-likeness (QED) is 0.633. The molecule has 104 valence electrons. The number of hydrogen-bond donors (Lipinski definition) is 1. The first-order valence-corrected chi connectivity index (χ1v) is 7.93. The highest BCUT2D eigenvalue weighted by atomic mass is 127. The number of nitrogens with zero attached hydrogens (tertiary/aromatic N) is 1. The van der Waals surface area contributed by atoms with Gasteiger partial charge in [0.1, 0.15) is 5.75 Å². The molecule has 1 fully saturated rings. The summed E-state index contributed by atoms with van der Waals surface area (Å²) in [4.78, 5) is 14.3. The third-order valence-electron chi connectivity index (χ3n) is 3.89. The fourth-order valence-electron chi connectivity index (χ4n) is 2.66. The predicted molar refractivity (Wildman–Crippen MR) is 84.4 cm³/mol. The van der Waals surface area contributed by atoms with Crippen molar-refractivity contribution in [1.29, 1.82) is 0 Å². The molecule has 0 radical (unpaired) electrons. The van der Waals surface area contributed by atoms with Gasteiger partial charge in [0, 0.05) is 18.7 Å². The Balaban J connectivity index is 2.10. The number of amides is 1. The highest BCUT2D eigenvalue weighted by molar-refractivity contribution is 14.1. The Bertz CT molecular complexity index is 453. The van der Waals surface area contributed by atoms with Crippen LogP contribution < -0.4 is 0 Å². The lowest BCUT2D eigenvalue weighted by molar-refractivity contribution is 0.0717. The molecule has 0 spiro atoms. The van der Waals surface area contributed by atoms with Crippen LogP contribution in [0.5, 0.6) is 5.75 Å². The molecule has 0 aromatic heterocycles. The van der Waals surface area contributed by atoms with Crippen LogP contribution in [0.15, 0.2) is 18.2 Å². The van der Waals surface area contributed by atoms with Crippen LogP contribution in [0, 0.1) is 3.57 Å². The molecule has 1 aromatic rings. The first-order chi connectivity index (χ1) is 9.09. The van der Waals surface area contributed by atoms with Crippen LogP contribution in [-0.4, -0.2) is 29.0 Å². The SMILES string of the molecule is CN(C(=O)c1ccc(I)c(O)c1)C1CCCCCC1. The van der Waals surface area contributed by atoms with E-state index >= 15 is 0 Å². The second kappa shape index (κ2) is 6.59. The van der Waals surface area contributed by atoms with E-state index in [1.54, 1.807) is 18.2 Å². The Morgan fingerprint density at radius 1 is 1.26 bits per heavy atom. The van der Waals surface area contributed by atoms with Gasteiger partial charge < -0.3 is 10.0 Å². The van der Waals surface area contributed by atoms with E-state index in [0.717, 1.165) is 16.4 Å². The molecule has 1 amide bonds. The highest BCUT2D eigenvalue weighted by Gasteiger charge is 2.22. The van der Waals surface area contributed by atoms with Crippen LogP contribution in [0.4, 0.5) is 0 Å². The fraction of sp³-hybridized carbons (Fsp3) is 0.533. The van der Waals surface area contributed by atoms with E-state index in [0.29, 0.717) is 11.6 Å². The Hall–Kier alpha value is -0.780. The molecule has 2 rings (SSSR count). The Morgan fingerprint density at radius 2 is 1.89 bits per heavy atom. The summed E-state index contributed by atoms with van der Waals surface area (Å²) in [5.41, 5.74) is 0.574. The number of carbonyl (C=O) groups is 1. The number of halogens is 1. The monoisotopic (exact) mass is 373 g/mol.